The van der Waals surface area contributed by atoms with Crippen LogP contribution in [0.15, 0.2) is 54.9 Å². The van der Waals surface area contributed by atoms with Crippen molar-refractivity contribution in [3.63, 3.8) is 0 Å². The van der Waals surface area contributed by atoms with Gasteiger partial charge in [0.05, 0.1) is 18.7 Å². The van der Waals surface area contributed by atoms with Gasteiger partial charge >= 0.3 is 0 Å². The van der Waals surface area contributed by atoms with Gasteiger partial charge in [0.2, 0.25) is 5.95 Å². The number of ether oxygens (including phenoxy) is 1. The topological polar surface area (TPSA) is 52.0 Å². The SMILES string of the molecule is CCOc1ccc([C@@H]2C[C@H](c3ccc(C)cc3)n3ncnc3N2)cc1. The third-order valence-corrected chi connectivity index (χ3v) is 4.69. The van der Waals surface area contributed by atoms with Crippen molar-refractivity contribution in [2.75, 3.05) is 11.9 Å². The molecule has 1 aromatic heterocycles. The molecule has 1 aliphatic rings. The Morgan fingerprint density at radius 2 is 1.80 bits per heavy atom. The van der Waals surface area contributed by atoms with Gasteiger partial charge in [0.15, 0.2) is 0 Å². The predicted octanol–water partition coefficient (Wildman–Crippen LogP) is 4.13. The van der Waals surface area contributed by atoms with E-state index in [1.54, 1.807) is 6.33 Å². The van der Waals surface area contributed by atoms with Crippen molar-refractivity contribution < 1.29 is 4.74 Å². The molecule has 0 radical (unpaired) electrons. The zero-order chi connectivity index (χ0) is 17.2. The molecular weight excluding hydrogens is 312 g/mol. The molecule has 4 rings (SSSR count). The van der Waals surface area contributed by atoms with Crippen LogP contribution in [0, 0.1) is 6.92 Å². The van der Waals surface area contributed by atoms with E-state index in [1.165, 1.54) is 16.7 Å². The molecule has 0 spiro atoms. The lowest BCUT2D eigenvalue weighted by atomic mass is 9.93. The summed E-state index contributed by atoms with van der Waals surface area (Å²) in [6.45, 7) is 4.78. The fourth-order valence-electron chi connectivity index (χ4n) is 3.37. The number of benzene rings is 2. The third-order valence-electron chi connectivity index (χ3n) is 4.69. The molecule has 2 heterocycles. The maximum Gasteiger partial charge on any atom is 0.222 e. The molecule has 0 saturated heterocycles. The van der Waals surface area contributed by atoms with Crippen molar-refractivity contribution in [3.05, 3.63) is 71.5 Å². The first-order valence-electron chi connectivity index (χ1n) is 8.70. The van der Waals surface area contributed by atoms with E-state index in [0.29, 0.717) is 6.61 Å². The van der Waals surface area contributed by atoms with Crippen LogP contribution in [-0.4, -0.2) is 21.4 Å². The maximum absolute atomic E-state index is 5.55. The maximum atomic E-state index is 5.55. The van der Waals surface area contributed by atoms with Crippen LogP contribution < -0.4 is 10.1 Å². The molecule has 1 aliphatic heterocycles. The average Bonchev–Trinajstić information content (AvgIpc) is 3.11. The molecule has 0 fully saturated rings. The van der Waals surface area contributed by atoms with Gasteiger partial charge in [0.1, 0.15) is 12.1 Å². The molecule has 2 aromatic carbocycles. The van der Waals surface area contributed by atoms with Gasteiger partial charge in [-0.2, -0.15) is 10.1 Å². The lowest BCUT2D eigenvalue weighted by molar-refractivity contribution is 0.340. The molecule has 0 amide bonds. The Kier molecular flexibility index (Phi) is 4.14. The first kappa shape index (κ1) is 15.7. The Morgan fingerprint density at radius 1 is 1.08 bits per heavy atom. The standard InChI is InChI=1S/C20H22N4O/c1-3-25-17-10-8-15(9-11-17)18-12-19(16-6-4-14(2)5-7-16)24-20(23-18)21-13-22-24/h4-11,13,18-19H,3,12H2,1-2H3,(H,21,22,23)/t18-,19+/m0/s1. The number of nitrogens with zero attached hydrogens (tertiary/aromatic N) is 3. The summed E-state index contributed by atoms with van der Waals surface area (Å²) in [5, 5.41) is 7.93. The highest BCUT2D eigenvalue weighted by atomic mass is 16.5. The largest absolute Gasteiger partial charge is 0.494 e. The summed E-state index contributed by atoms with van der Waals surface area (Å²) in [7, 11) is 0. The monoisotopic (exact) mass is 334 g/mol. The fraction of sp³-hybridized carbons (Fsp3) is 0.300. The van der Waals surface area contributed by atoms with E-state index in [4.69, 9.17) is 4.74 Å². The normalized spacial score (nSPS) is 19.1. The molecular formula is C20H22N4O. The van der Waals surface area contributed by atoms with E-state index in [9.17, 15) is 0 Å². The van der Waals surface area contributed by atoms with Gasteiger partial charge in [-0.05, 0) is 43.5 Å². The second-order valence-electron chi connectivity index (χ2n) is 6.39. The summed E-state index contributed by atoms with van der Waals surface area (Å²) >= 11 is 0. The lowest BCUT2D eigenvalue weighted by Gasteiger charge is -2.32. The summed E-state index contributed by atoms with van der Waals surface area (Å²) in [5.41, 5.74) is 3.75. The van der Waals surface area contributed by atoms with Crippen molar-refractivity contribution in [3.8, 4) is 5.75 Å². The molecule has 2 atom stereocenters. The number of hydrogen-bond donors (Lipinski definition) is 1. The minimum atomic E-state index is 0.177. The summed E-state index contributed by atoms with van der Waals surface area (Å²) in [5.74, 6) is 1.72. The van der Waals surface area contributed by atoms with Crippen molar-refractivity contribution >= 4 is 5.95 Å². The highest BCUT2D eigenvalue weighted by molar-refractivity contribution is 5.40. The van der Waals surface area contributed by atoms with E-state index < -0.39 is 0 Å². The molecule has 0 unspecified atom stereocenters. The van der Waals surface area contributed by atoms with Gasteiger partial charge in [-0.3, -0.25) is 0 Å². The zero-order valence-corrected chi connectivity index (χ0v) is 14.5. The van der Waals surface area contributed by atoms with Crippen LogP contribution in [0.25, 0.3) is 0 Å². The minimum absolute atomic E-state index is 0.177. The van der Waals surface area contributed by atoms with Crippen molar-refractivity contribution in [2.24, 2.45) is 0 Å². The van der Waals surface area contributed by atoms with Crippen molar-refractivity contribution in [1.29, 1.82) is 0 Å². The number of fused-ring (bicyclic) bond motifs is 1. The first-order chi connectivity index (χ1) is 12.2. The highest BCUT2D eigenvalue weighted by Crippen LogP contribution is 2.37. The summed E-state index contributed by atoms with van der Waals surface area (Å²) in [6.07, 6.45) is 2.54. The van der Waals surface area contributed by atoms with Gasteiger partial charge in [-0.1, -0.05) is 42.0 Å². The molecule has 25 heavy (non-hydrogen) atoms. The molecule has 0 aliphatic carbocycles. The number of rotatable bonds is 4. The number of aryl methyl sites for hydroxylation is 1. The summed E-state index contributed by atoms with van der Waals surface area (Å²) in [4.78, 5) is 4.39. The Morgan fingerprint density at radius 3 is 2.52 bits per heavy atom. The number of hydrogen-bond acceptors (Lipinski definition) is 4. The summed E-state index contributed by atoms with van der Waals surface area (Å²) in [6, 6.07) is 17.4. The fourth-order valence-corrected chi connectivity index (χ4v) is 3.37. The smallest absolute Gasteiger partial charge is 0.222 e. The van der Waals surface area contributed by atoms with Crippen LogP contribution in [0.3, 0.4) is 0 Å². The second kappa shape index (κ2) is 6.59. The number of aromatic nitrogens is 3. The quantitative estimate of drug-likeness (QED) is 0.779. The Bertz CT molecular complexity index is 839. The molecule has 1 N–H and O–H groups in total. The van der Waals surface area contributed by atoms with E-state index in [2.05, 4.69) is 58.7 Å². The predicted molar refractivity (Wildman–Crippen MR) is 97.9 cm³/mol. The van der Waals surface area contributed by atoms with E-state index in [-0.39, 0.29) is 12.1 Å². The molecule has 5 nitrogen and oxygen atoms in total. The number of nitrogens with one attached hydrogen (secondary N) is 1. The Hall–Kier alpha value is -2.82. The van der Waals surface area contributed by atoms with Gasteiger partial charge in [-0.15, -0.1) is 0 Å². The third kappa shape index (κ3) is 3.09. The van der Waals surface area contributed by atoms with Crippen LogP contribution in [0.2, 0.25) is 0 Å². The van der Waals surface area contributed by atoms with Gasteiger partial charge in [0.25, 0.3) is 0 Å². The van der Waals surface area contributed by atoms with Gasteiger partial charge < -0.3 is 10.1 Å². The van der Waals surface area contributed by atoms with Gasteiger partial charge in [0, 0.05) is 0 Å². The van der Waals surface area contributed by atoms with Crippen LogP contribution in [0.4, 0.5) is 5.95 Å². The van der Waals surface area contributed by atoms with Crippen molar-refractivity contribution in [2.45, 2.75) is 32.4 Å². The molecule has 0 saturated carbocycles. The zero-order valence-electron chi connectivity index (χ0n) is 14.5. The van der Waals surface area contributed by atoms with E-state index in [0.717, 1.165) is 18.1 Å². The molecule has 5 heteroatoms. The highest BCUT2D eigenvalue weighted by Gasteiger charge is 2.29. The lowest BCUT2D eigenvalue weighted by Crippen LogP contribution is -2.28. The molecule has 3 aromatic rings. The number of anilines is 1. The average molecular weight is 334 g/mol. The minimum Gasteiger partial charge on any atom is -0.494 e. The molecule has 128 valence electrons. The Balaban J connectivity index is 1.64. The van der Waals surface area contributed by atoms with Gasteiger partial charge in [-0.25, -0.2) is 4.68 Å². The van der Waals surface area contributed by atoms with Crippen LogP contribution in [0.1, 0.15) is 42.1 Å². The van der Waals surface area contributed by atoms with E-state index >= 15 is 0 Å². The summed E-state index contributed by atoms with van der Waals surface area (Å²) < 4.78 is 7.53. The first-order valence-corrected chi connectivity index (χ1v) is 8.70. The van der Waals surface area contributed by atoms with Crippen LogP contribution >= 0.6 is 0 Å². The van der Waals surface area contributed by atoms with Crippen LogP contribution in [0.5, 0.6) is 5.75 Å². The second-order valence-corrected chi connectivity index (χ2v) is 6.39. The van der Waals surface area contributed by atoms with E-state index in [1.807, 2.05) is 23.7 Å². The Labute approximate surface area is 147 Å². The van der Waals surface area contributed by atoms with Crippen molar-refractivity contribution in [1.82, 2.24) is 14.8 Å². The van der Waals surface area contributed by atoms with Crippen LogP contribution in [-0.2, 0) is 0 Å². The molecule has 0 bridgehead atoms.